The summed E-state index contributed by atoms with van der Waals surface area (Å²) in [5.74, 6) is -9.25. The minimum atomic E-state index is -2.10. The Kier molecular flexibility index (Phi) is 3.79. The lowest BCUT2D eigenvalue weighted by molar-refractivity contribution is 0.372. The minimum absolute atomic E-state index is 0.185. The van der Waals surface area contributed by atoms with Crippen LogP contribution in [0.15, 0.2) is 0 Å². The molecule has 0 heterocycles. The Labute approximate surface area is 105 Å². The summed E-state index contributed by atoms with van der Waals surface area (Å²) in [6.07, 6.45) is 2.04. The zero-order valence-electron chi connectivity index (χ0n) is 8.54. The van der Waals surface area contributed by atoms with Gasteiger partial charge >= 0.3 is 0 Å². The van der Waals surface area contributed by atoms with E-state index in [0.29, 0.717) is 3.92 Å². The summed E-state index contributed by atoms with van der Waals surface area (Å²) >= 11 is -0.300. The predicted molar refractivity (Wildman–Crippen MR) is 63.0 cm³/mol. The van der Waals surface area contributed by atoms with E-state index < -0.39 is 34.6 Å². The molecule has 1 aromatic carbocycles. The van der Waals surface area contributed by atoms with Gasteiger partial charge in [-0.2, -0.15) is 0 Å². The highest BCUT2D eigenvalue weighted by molar-refractivity contribution is 14.2. The summed E-state index contributed by atoms with van der Waals surface area (Å²) in [7, 11) is 0. The molecule has 1 aromatic rings. The molecule has 2 rings (SSSR count). The smallest absolute Gasteiger partial charge is 0.200 e. The molecule has 1 saturated carbocycles. The summed E-state index contributed by atoms with van der Waals surface area (Å²) in [5, 5.41) is 0. The molecule has 0 nitrogen and oxygen atoms in total. The number of halogens is 6. The second-order valence-electron chi connectivity index (χ2n) is 3.71. The number of rotatable bonds is 3. The molecular weight excluding hydrogens is 354 g/mol. The van der Waals surface area contributed by atoms with Crippen molar-refractivity contribution >= 4 is 24.7 Å². The van der Waals surface area contributed by atoms with Gasteiger partial charge in [-0.15, -0.1) is 20.7 Å². The molecule has 0 saturated heterocycles. The first kappa shape index (κ1) is 12.9. The third kappa shape index (κ3) is 2.66. The van der Waals surface area contributed by atoms with E-state index in [4.69, 9.17) is 0 Å². The first-order chi connectivity index (χ1) is 8.02. The monoisotopic (exact) mass is 362 g/mol. The Morgan fingerprint density at radius 3 is 1.82 bits per heavy atom. The zero-order chi connectivity index (χ0) is 12.6. The first-order valence-electron chi connectivity index (χ1n) is 4.96. The van der Waals surface area contributed by atoms with Crippen molar-refractivity contribution in [2.75, 3.05) is 0 Å². The molecule has 1 aliphatic rings. The lowest BCUT2D eigenvalue weighted by atomic mass is 10.1. The van der Waals surface area contributed by atoms with Gasteiger partial charge in [0.15, 0.2) is 23.3 Å². The standard InChI is InChI=1S/C11H8F5I/c12-7-6(3-4-17-5-1-2-5)8(13)10(15)11(16)9(7)14/h4-5H,1-3H2. The van der Waals surface area contributed by atoms with Crippen molar-refractivity contribution in [2.45, 2.75) is 23.2 Å². The van der Waals surface area contributed by atoms with Gasteiger partial charge in [0.25, 0.3) is 0 Å². The van der Waals surface area contributed by atoms with E-state index >= 15 is 0 Å². The van der Waals surface area contributed by atoms with Gasteiger partial charge in [0, 0.05) is 15.9 Å². The van der Waals surface area contributed by atoms with E-state index in [1.807, 2.05) is 0 Å². The minimum Gasteiger partial charge on any atom is -0.203 e. The fourth-order valence-corrected chi connectivity index (χ4v) is 3.76. The van der Waals surface area contributed by atoms with E-state index in [1.54, 1.807) is 4.01 Å². The van der Waals surface area contributed by atoms with Crippen molar-refractivity contribution in [3.05, 3.63) is 34.6 Å². The van der Waals surface area contributed by atoms with Crippen LogP contribution >= 0.6 is 20.7 Å². The van der Waals surface area contributed by atoms with Gasteiger partial charge in [0.1, 0.15) is 0 Å². The highest BCUT2D eigenvalue weighted by Gasteiger charge is 2.25. The molecule has 0 aromatic heterocycles. The van der Waals surface area contributed by atoms with Gasteiger partial charge in [-0.05, 0) is 16.9 Å². The molecule has 0 N–H and O–H groups in total. The summed E-state index contributed by atoms with van der Waals surface area (Å²) in [6.45, 7) is 0. The Hall–Kier alpha value is -0.530. The van der Waals surface area contributed by atoms with Crippen LogP contribution in [0.3, 0.4) is 0 Å². The van der Waals surface area contributed by atoms with Crippen molar-refractivity contribution < 1.29 is 22.0 Å². The molecule has 0 unspecified atom stereocenters. The van der Waals surface area contributed by atoms with Crippen LogP contribution in [0.5, 0.6) is 0 Å². The molecule has 0 bridgehead atoms. The lowest BCUT2D eigenvalue weighted by Gasteiger charge is -2.05. The SMILES string of the molecule is Fc1c(F)c(F)c(CC=IC2CC2)c(F)c1F. The molecule has 0 spiro atoms. The molecule has 0 radical (unpaired) electrons. The van der Waals surface area contributed by atoms with E-state index in [-0.39, 0.29) is 27.2 Å². The fourth-order valence-electron chi connectivity index (χ4n) is 1.27. The van der Waals surface area contributed by atoms with Crippen LogP contribution in [-0.4, -0.2) is 7.94 Å². The second-order valence-corrected chi connectivity index (χ2v) is 7.07. The topological polar surface area (TPSA) is 0 Å². The first-order valence-corrected chi connectivity index (χ1v) is 7.45. The van der Waals surface area contributed by atoms with Crippen LogP contribution in [0.4, 0.5) is 22.0 Å². The van der Waals surface area contributed by atoms with E-state index in [2.05, 4.69) is 0 Å². The van der Waals surface area contributed by atoms with Gasteiger partial charge in [0.05, 0.1) is 0 Å². The van der Waals surface area contributed by atoms with Crippen LogP contribution in [-0.2, 0) is 6.42 Å². The maximum absolute atomic E-state index is 13.2. The largest absolute Gasteiger partial charge is 0.203 e. The van der Waals surface area contributed by atoms with Crippen molar-refractivity contribution in [2.24, 2.45) is 0 Å². The molecule has 17 heavy (non-hydrogen) atoms. The van der Waals surface area contributed by atoms with Crippen molar-refractivity contribution in [1.82, 2.24) is 0 Å². The molecule has 0 atom stereocenters. The number of alkyl halides is 1. The lowest BCUT2D eigenvalue weighted by Crippen LogP contribution is -2.07. The molecule has 94 valence electrons. The number of hydrogen-bond acceptors (Lipinski definition) is 0. The Morgan fingerprint density at radius 2 is 1.35 bits per heavy atom. The average Bonchev–Trinajstić information content (AvgIpc) is 3.12. The number of benzene rings is 1. The second kappa shape index (κ2) is 4.99. The van der Waals surface area contributed by atoms with Crippen molar-refractivity contribution in [1.29, 1.82) is 0 Å². The third-order valence-electron chi connectivity index (χ3n) is 2.36. The predicted octanol–water partition coefficient (Wildman–Crippen LogP) is 3.86. The quantitative estimate of drug-likeness (QED) is 0.252. The molecule has 0 aliphatic heterocycles. The number of hydrogen-bond donors (Lipinski definition) is 0. The van der Waals surface area contributed by atoms with E-state index in [0.717, 1.165) is 12.8 Å². The third-order valence-corrected chi connectivity index (χ3v) is 5.57. The normalized spacial score (nSPS) is 16.3. The van der Waals surface area contributed by atoms with Crippen LogP contribution in [0, 0.1) is 29.1 Å². The van der Waals surface area contributed by atoms with Gasteiger partial charge in [0.2, 0.25) is 5.82 Å². The molecular formula is C11H8F5I. The summed E-state index contributed by atoms with van der Waals surface area (Å²) in [6, 6.07) is 0. The van der Waals surface area contributed by atoms with Gasteiger partial charge in [-0.1, -0.05) is 0 Å². The molecule has 0 amide bonds. The van der Waals surface area contributed by atoms with Gasteiger partial charge in [-0.25, -0.2) is 22.0 Å². The Bertz CT molecular complexity index is 450. The van der Waals surface area contributed by atoms with Gasteiger partial charge < -0.3 is 0 Å². The van der Waals surface area contributed by atoms with Crippen LogP contribution in [0.1, 0.15) is 18.4 Å². The molecule has 6 heteroatoms. The Balaban J connectivity index is 2.31. The van der Waals surface area contributed by atoms with Crippen molar-refractivity contribution in [3.8, 4) is 0 Å². The van der Waals surface area contributed by atoms with Crippen LogP contribution < -0.4 is 0 Å². The van der Waals surface area contributed by atoms with Crippen molar-refractivity contribution in [3.63, 3.8) is 0 Å². The maximum atomic E-state index is 13.2. The Morgan fingerprint density at radius 1 is 0.882 bits per heavy atom. The average molecular weight is 362 g/mol. The van der Waals surface area contributed by atoms with Gasteiger partial charge in [-0.3, -0.25) is 0 Å². The molecule has 1 fully saturated rings. The summed E-state index contributed by atoms with van der Waals surface area (Å²) < 4.78 is 67.1. The summed E-state index contributed by atoms with van der Waals surface area (Å²) in [5.41, 5.74) is -0.721. The van der Waals surface area contributed by atoms with E-state index in [1.165, 1.54) is 0 Å². The highest BCUT2D eigenvalue weighted by Crippen LogP contribution is 2.33. The van der Waals surface area contributed by atoms with E-state index in [9.17, 15) is 22.0 Å². The zero-order valence-corrected chi connectivity index (χ0v) is 10.7. The van der Waals surface area contributed by atoms with Crippen LogP contribution in [0.2, 0.25) is 0 Å². The van der Waals surface area contributed by atoms with Crippen LogP contribution in [0.25, 0.3) is 0 Å². The molecule has 1 aliphatic carbocycles. The fraction of sp³-hybridized carbons (Fsp3) is 0.364. The maximum Gasteiger partial charge on any atom is 0.200 e. The summed E-state index contributed by atoms with van der Waals surface area (Å²) in [4.78, 5) is 0. The highest BCUT2D eigenvalue weighted by atomic mass is 127.